The van der Waals surface area contributed by atoms with E-state index in [2.05, 4.69) is 0 Å². The van der Waals surface area contributed by atoms with E-state index in [9.17, 15) is 4.79 Å². The van der Waals surface area contributed by atoms with Crippen LogP contribution in [-0.2, 0) is 9.53 Å². The van der Waals surface area contributed by atoms with E-state index in [0.29, 0.717) is 31.1 Å². The highest BCUT2D eigenvalue weighted by molar-refractivity contribution is 7.80. The number of thiocarbonyl (C=S) groups is 1. The van der Waals surface area contributed by atoms with E-state index in [-0.39, 0.29) is 5.91 Å². The maximum atomic E-state index is 12.2. The smallest absolute Gasteiger partial charge is 0.246 e. The first-order chi connectivity index (χ1) is 10.1. The molecule has 1 amide bonds. The highest BCUT2D eigenvalue weighted by atomic mass is 32.1. The minimum atomic E-state index is -0.0359. The number of amides is 1. The van der Waals surface area contributed by atoms with Crippen LogP contribution in [0.1, 0.15) is 18.4 Å². The van der Waals surface area contributed by atoms with E-state index < -0.39 is 0 Å². The molecule has 21 heavy (non-hydrogen) atoms. The molecule has 0 bridgehead atoms. The zero-order valence-corrected chi connectivity index (χ0v) is 13.1. The Labute approximate surface area is 131 Å². The molecule has 0 atom stereocenters. The molecule has 1 aromatic carbocycles. The summed E-state index contributed by atoms with van der Waals surface area (Å²) >= 11 is 4.87. The van der Waals surface area contributed by atoms with Gasteiger partial charge in [0, 0.05) is 39.3 Å². The topological polar surface area (TPSA) is 55.6 Å². The van der Waals surface area contributed by atoms with Gasteiger partial charge in [0.2, 0.25) is 5.91 Å². The van der Waals surface area contributed by atoms with Crippen LogP contribution in [0.25, 0.3) is 6.08 Å². The Bertz CT molecular complexity index is 474. The summed E-state index contributed by atoms with van der Waals surface area (Å²) in [5.41, 5.74) is 6.51. The number of nitrogens with zero attached hydrogens (tertiary/aromatic N) is 1. The third-order valence-electron chi connectivity index (χ3n) is 2.93. The normalized spacial score (nSPS) is 10.7. The Kier molecular flexibility index (Phi) is 8.31. The fourth-order valence-corrected chi connectivity index (χ4v) is 1.91. The van der Waals surface area contributed by atoms with E-state index in [1.54, 1.807) is 18.1 Å². The van der Waals surface area contributed by atoms with E-state index in [0.717, 1.165) is 12.0 Å². The van der Waals surface area contributed by atoms with Crippen LogP contribution in [-0.4, -0.2) is 42.6 Å². The third kappa shape index (κ3) is 7.58. The SMILES string of the molecule is COCCCN(CCC(N)=S)C(=O)/C=C/c1ccccc1. The summed E-state index contributed by atoms with van der Waals surface area (Å²) in [5.74, 6) is -0.0359. The minimum absolute atomic E-state index is 0.0359. The number of nitrogens with two attached hydrogens (primary N) is 1. The molecule has 0 spiro atoms. The van der Waals surface area contributed by atoms with Crippen molar-refractivity contribution in [3.63, 3.8) is 0 Å². The van der Waals surface area contributed by atoms with Gasteiger partial charge in [0.25, 0.3) is 0 Å². The van der Waals surface area contributed by atoms with Gasteiger partial charge in [0.05, 0.1) is 4.99 Å². The summed E-state index contributed by atoms with van der Waals surface area (Å²) in [6.07, 6.45) is 4.72. The fourth-order valence-electron chi connectivity index (χ4n) is 1.81. The molecular formula is C16H22N2O2S. The van der Waals surface area contributed by atoms with Gasteiger partial charge in [0.15, 0.2) is 0 Å². The van der Waals surface area contributed by atoms with E-state index in [1.165, 1.54) is 0 Å². The van der Waals surface area contributed by atoms with Crippen molar-refractivity contribution in [3.05, 3.63) is 42.0 Å². The van der Waals surface area contributed by atoms with Crippen molar-refractivity contribution >= 4 is 29.2 Å². The van der Waals surface area contributed by atoms with Gasteiger partial charge in [-0.2, -0.15) is 0 Å². The molecule has 114 valence electrons. The Hall–Kier alpha value is -1.72. The lowest BCUT2D eigenvalue weighted by atomic mass is 10.2. The number of carbonyl (C=O) groups excluding carboxylic acids is 1. The van der Waals surface area contributed by atoms with Crippen LogP contribution in [0.4, 0.5) is 0 Å². The largest absolute Gasteiger partial charge is 0.393 e. The predicted octanol–water partition coefficient (Wildman–Crippen LogP) is 2.24. The lowest BCUT2D eigenvalue weighted by Crippen LogP contribution is -2.33. The van der Waals surface area contributed by atoms with Crippen molar-refractivity contribution < 1.29 is 9.53 Å². The van der Waals surface area contributed by atoms with Gasteiger partial charge in [-0.3, -0.25) is 4.79 Å². The van der Waals surface area contributed by atoms with Crippen molar-refractivity contribution in [3.8, 4) is 0 Å². The van der Waals surface area contributed by atoms with Crippen LogP contribution in [0, 0.1) is 0 Å². The molecule has 4 nitrogen and oxygen atoms in total. The molecule has 5 heteroatoms. The van der Waals surface area contributed by atoms with Gasteiger partial charge in [0.1, 0.15) is 0 Å². The van der Waals surface area contributed by atoms with Gasteiger partial charge < -0.3 is 15.4 Å². The number of hydrogen-bond donors (Lipinski definition) is 1. The third-order valence-corrected chi connectivity index (χ3v) is 3.14. The second-order valence-electron chi connectivity index (χ2n) is 4.63. The number of ether oxygens (including phenoxy) is 1. The maximum absolute atomic E-state index is 12.2. The van der Waals surface area contributed by atoms with Crippen LogP contribution < -0.4 is 5.73 Å². The highest BCUT2D eigenvalue weighted by Crippen LogP contribution is 2.03. The number of methoxy groups -OCH3 is 1. The molecule has 0 radical (unpaired) electrons. The Morgan fingerprint density at radius 1 is 1.33 bits per heavy atom. The number of benzene rings is 1. The Morgan fingerprint density at radius 2 is 2.05 bits per heavy atom. The first-order valence-corrected chi connectivity index (χ1v) is 7.33. The summed E-state index contributed by atoms with van der Waals surface area (Å²) in [6.45, 7) is 1.80. The van der Waals surface area contributed by atoms with Crippen LogP contribution in [0.2, 0.25) is 0 Å². The monoisotopic (exact) mass is 306 g/mol. The van der Waals surface area contributed by atoms with E-state index in [4.69, 9.17) is 22.7 Å². The second kappa shape index (κ2) is 10.1. The van der Waals surface area contributed by atoms with Crippen molar-refractivity contribution in [1.29, 1.82) is 0 Å². The fraction of sp³-hybridized carbons (Fsp3) is 0.375. The molecule has 0 unspecified atom stereocenters. The average molecular weight is 306 g/mol. The summed E-state index contributed by atoms with van der Waals surface area (Å²) in [5, 5.41) is 0. The van der Waals surface area contributed by atoms with Crippen molar-refractivity contribution in [2.45, 2.75) is 12.8 Å². The summed E-state index contributed by atoms with van der Waals surface area (Å²) in [6, 6.07) is 9.72. The Balaban J connectivity index is 2.60. The van der Waals surface area contributed by atoms with Crippen molar-refractivity contribution in [2.24, 2.45) is 5.73 Å². The molecule has 0 aromatic heterocycles. The molecule has 0 saturated heterocycles. The number of rotatable bonds is 9. The van der Waals surface area contributed by atoms with E-state index >= 15 is 0 Å². The molecule has 0 aliphatic heterocycles. The van der Waals surface area contributed by atoms with E-state index in [1.807, 2.05) is 36.4 Å². The van der Waals surface area contributed by atoms with Gasteiger partial charge in [-0.05, 0) is 18.1 Å². The van der Waals surface area contributed by atoms with Gasteiger partial charge >= 0.3 is 0 Å². The lowest BCUT2D eigenvalue weighted by Gasteiger charge is -2.20. The second-order valence-corrected chi connectivity index (χ2v) is 5.16. The predicted molar refractivity (Wildman–Crippen MR) is 90.0 cm³/mol. The zero-order chi connectivity index (χ0) is 15.5. The summed E-state index contributed by atoms with van der Waals surface area (Å²) in [7, 11) is 1.65. The summed E-state index contributed by atoms with van der Waals surface area (Å²) in [4.78, 5) is 14.4. The number of carbonyl (C=O) groups is 1. The molecule has 1 aromatic rings. The maximum Gasteiger partial charge on any atom is 0.246 e. The van der Waals surface area contributed by atoms with Crippen LogP contribution in [0.15, 0.2) is 36.4 Å². The minimum Gasteiger partial charge on any atom is -0.393 e. The molecular weight excluding hydrogens is 284 g/mol. The first-order valence-electron chi connectivity index (χ1n) is 6.92. The molecule has 2 N–H and O–H groups in total. The van der Waals surface area contributed by atoms with Gasteiger partial charge in [-0.1, -0.05) is 42.5 Å². The zero-order valence-electron chi connectivity index (χ0n) is 12.3. The van der Waals surface area contributed by atoms with Crippen molar-refractivity contribution in [2.75, 3.05) is 26.8 Å². The molecule has 0 aliphatic rings. The molecule has 0 saturated carbocycles. The molecule has 0 fully saturated rings. The lowest BCUT2D eigenvalue weighted by molar-refractivity contribution is -0.126. The first kappa shape index (κ1) is 17.3. The number of hydrogen-bond acceptors (Lipinski definition) is 3. The average Bonchev–Trinajstić information content (AvgIpc) is 2.49. The van der Waals surface area contributed by atoms with Gasteiger partial charge in [-0.15, -0.1) is 0 Å². The molecule has 0 aliphatic carbocycles. The van der Waals surface area contributed by atoms with Crippen LogP contribution >= 0.6 is 12.2 Å². The van der Waals surface area contributed by atoms with Gasteiger partial charge in [-0.25, -0.2) is 0 Å². The molecule has 1 rings (SSSR count). The Morgan fingerprint density at radius 3 is 2.67 bits per heavy atom. The quantitative estimate of drug-likeness (QED) is 0.432. The standard InChI is InChI=1S/C16H22N2O2S/c1-20-13-5-11-18(12-10-15(17)21)16(19)9-8-14-6-3-2-4-7-14/h2-4,6-9H,5,10-13H2,1H3,(H2,17,21)/b9-8+. The van der Waals surface area contributed by atoms with Crippen molar-refractivity contribution in [1.82, 2.24) is 4.90 Å². The van der Waals surface area contributed by atoms with Crippen LogP contribution in [0.3, 0.4) is 0 Å². The molecule has 0 heterocycles. The highest BCUT2D eigenvalue weighted by Gasteiger charge is 2.10. The van der Waals surface area contributed by atoms with Crippen LogP contribution in [0.5, 0.6) is 0 Å². The summed E-state index contributed by atoms with van der Waals surface area (Å²) < 4.78 is 5.02.